The number of hydrogen-bond acceptors (Lipinski definition) is 4. The van der Waals surface area contributed by atoms with E-state index in [4.69, 9.17) is 20.5 Å². The highest BCUT2D eigenvalue weighted by Gasteiger charge is 2.13. The summed E-state index contributed by atoms with van der Waals surface area (Å²) in [6.07, 6.45) is 0. The van der Waals surface area contributed by atoms with Gasteiger partial charge in [0.2, 0.25) is 0 Å². The fraction of sp³-hybridized carbons (Fsp3) is 0.250. The van der Waals surface area contributed by atoms with Crippen LogP contribution in [-0.4, -0.2) is 10.1 Å². The first-order valence-corrected chi connectivity index (χ1v) is 4.11. The summed E-state index contributed by atoms with van der Waals surface area (Å²) in [6.45, 7) is 3.69. The van der Waals surface area contributed by atoms with Crippen LogP contribution >= 0.6 is 11.6 Å². The van der Waals surface area contributed by atoms with Gasteiger partial charge in [-0.15, -0.1) is 0 Å². The van der Waals surface area contributed by atoms with E-state index in [9.17, 15) is 0 Å². The highest BCUT2D eigenvalue weighted by molar-refractivity contribution is 6.28. The highest BCUT2D eigenvalue weighted by atomic mass is 35.5. The average molecular weight is 199 g/mol. The molecule has 0 amide bonds. The normalized spacial score (nSPS) is 10.7. The number of hydrogen-bond donors (Lipinski definition) is 0. The molecule has 0 fully saturated rings. The lowest BCUT2D eigenvalue weighted by Crippen LogP contribution is -1.75. The van der Waals surface area contributed by atoms with Crippen LogP contribution < -0.4 is 0 Å². The standard InChI is InChI=1S/C8H7ClN2O2/c1-4-3-6(5(2)12-4)7-10-8(9)11-13-7/h3H,1-2H3. The molecule has 0 aromatic carbocycles. The molecule has 0 saturated heterocycles. The van der Waals surface area contributed by atoms with Crippen molar-refractivity contribution in [3.8, 4) is 11.5 Å². The molecular weight excluding hydrogens is 192 g/mol. The second kappa shape index (κ2) is 2.88. The lowest BCUT2D eigenvalue weighted by atomic mass is 10.2. The predicted octanol–water partition coefficient (Wildman–Crippen LogP) is 2.60. The van der Waals surface area contributed by atoms with Crippen molar-refractivity contribution in [2.75, 3.05) is 0 Å². The molecule has 4 nitrogen and oxygen atoms in total. The Morgan fingerprint density at radius 2 is 2.15 bits per heavy atom. The summed E-state index contributed by atoms with van der Waals surface area (Å²) in [4.78, 5) is 3.88. The van der Waals surface area contributed by atoms with Crippen LogP contribution in [0.2, 0.25) is 5.28 Å². The largest absolute Gasteiger partial charge is 0.466 e. The molecule has 0 spiro atoms. The SMILES string of the molecule is Cc1cc(-c2nc(Cl)no2)c(C)o1. The molecule has 0 saturated carbocycles. The summed E-state index contributed by atoms with van der Waals surface area (Å²) in [7, 11) is 0. The quantitative estimate of drug-likeness (QED) is 0.707. The number of aromatic nitrogens is 2. The van der Waals surface area contributed by atoms with Crippen LogP contribution in [0.25, 0.3) is 11.5 Å². The molecule has 2 aromatic heterocycles. The molecule has 2 aromatic rings. The third-order valence-corrected chi connectivity index (χ3v) is 1.83. The van der Waals surface area contributed by atoms with E-state index in [0.29, 0.717) is 5.89 Å². The minimum atomic E-state index is 0.105. The van der Waals surface area contributed by atoms with Gasteiger partial charge in [0.25, 0.3) is 11.2 Å². The lowest BCUT2D eigenvalue weighted by molar-refractivity contribution is 0.428. The van der Waals surface area contributed by atoms with Gasteiger partial charge in [-0.1, -0.05) is 0 Å². The second-order valence-corrected chi connectivity index (χ2v) is 3.03. The number of rotatable bonds is 1. The maximum absolute atomic E-state index is 5.52. The predicted molar refractivity (Wildman–Crippen MR) is 46.5 cm³/mol. The number of halogens is 1. The number of nitrogens with zero attached hydrogens (tertiary/aromatic N) is 2. The summed E-state index contributed by atoms with van der Waals surface area (Å²) >= 11 is 5.52. The molecule has 0 aliphatic carbocycles. The van der Waals surface area contributed by atoms with E-state index in [1.807, 2.05) is 19.9 Å². The van der Waals surface area contributed by atoms with Crippen molar-refractivity contribution in [1.29, 1.82) is 0 Å². The van der Waals surface area contributed by atoms with Gasteiger partial charge in [-0.05, 0) is 36.7 Å². The average Bonchev–Trinajstić information content (AvgIpc) is 2.58. The second-order valence-electron chi connectivity index (χ2n) is 2.70. The topological polar surface area (TPSA) is 52.1 Å². The molecule has 0 aliphatic heterocycles. The first-order valence-electron chi connectivity index (χ1n) is 3.73. The Balaban J connectivity index is 2.51. The van der Waals surface area contributed by atoms with Crippen molar-refractivity contribution in [2.45, 2.75) is 13.8 Å². The van der Waals surface area contributed by atoms with Gasteiger partial charge < -0.3 is 8.94 Å². The molecule has 2 heterocycles. The molecule has 0 atom stereocenters. The van der Waals surface area contributed by atoms with Crippen LogP contribution in [0.15, 0.2) is 15.0 Å². The zero-order valence-corrected chi connectivity index (χ0v) is 7.92. The van der Waals surface area contributed by atoms with Crippen LogP contribution in [0.5, 0.6) is 0 Å². The van der Waals surface area contributed by atoms with Gasteiger partial charge in [-0.3, -0.25) is 0 Å². The van der Waals surface area contributed by atoms with Crippen molar-refractivity contribution in [1.82, 2.24) is 10.1 Å². The van der Waals surface area contributed by atoms with Crippen molar-refractivity contribution in [2.24, 2.45) is 0 Å². The Kier molecular flexibility index (Phi) is 1.84. The molecule has 2 rings (SSSR count). The van der Waals surface area contributed by atoms with Crippen LogP contribution in [0.3, 0.4) is 0 Å². The molecule has 13 heavy (non-hydrogen) atoms. The van der Waals surface area contributed by atoms with Gasteiger partial charge in [-0.2, -0.15) is 4.98 Å². The van der Waals surface area contributed by atoms with Crippen LogP contribution in [0, 0.1) is 13.8 Å². The van der Waals surface area contributed by atoms with Crippen LogP contribution in [-0.2, 0) is 0 Å². The first kappa shape index (κ1) is 8.31. The van der Waals surface area contributed by atoms with Gasteiger partial charge in [0.1, 0.15) is 11.5 Å². The smallest absolute Gasteiger partial charge is 0.264 e. The molecule has 5 heteroatoms. The molecule has 0 N–H and O–H groups in total. The van der Waals surface area contributed by atoms with E-state index in [1.54, 1.807) is 0 Å². The van der Waals surface area contributed by atoms with Crippen molar-refractivity contribution in [3.05, 3.63) is 22.9 Å². The van der Waals surface area contributed by atoms with Gasteiger partial charge >= 0.3 is 0 Å². The van der Waals surface area contributed by atoms with Crippen molar-refractivity contribution in [3.63, 3.8) is 0 Å². The fourth-order valence-electron chi connectivity index (χ4n) is 1.16. The van der Waals surface area contributed by atoms with Crippen molar-refractivity contribution >= 4 is 11.6 Å². The molecule has 0 unspecified atom stereocenters. The summed E-state index contributed by atoms with van der Waals surface area (Å²) in [5.41, 5.74) is 0.789. The molecular formula is C8H7ClN2O2. The Morgan fingerprint density at radius 3 is 2.62 bits per heavy atom. The van der Waals surface area contributed by atoms with Gasteiger partial charge in [0.15, 0.2) is 0 Å². The zero-order chi connectivity index (χ0) is 9.42. The summed E-state index contributed by atoms with van der Waals surface area (Å²) in [5.74, 6) is 1.94. The van der Waals surface area contributed by atoms with Gasteiger partial charge in [-0.25, -0.2) is 0 Å². The van der Waals surface area contributed by atoms with E-state index in [1.165, 1.54) is 0 Å². The third-order valence-electron chi connectivity index (χ3n) is 1.67. The molecule has 0 radical (unpaired) electrons. The Labute approximate surface area is 79.5 Å². The molecule has 0 bridgehead atoms. The van der Waals surface area contributed by atoms with E-state index in [0.717, 1.165) is 17.1 Å². The van der Waals surface area contributed by atoms with Gasteiger partial charge in [0.05, 0.1) is 5.56 Å². The maximum Gasteiger partial charge on any atom is 0.264 e. The van der Waals surface area contributed by atoms with E-state index in [-0.39, 0.29) is 5.28 Å². The Bertz CT molecular complexity index is 433. The Morgan fingerprint density at radius 1 is 1.38 bits per heavy atom. The summed E-state index contributed by atoms with van der Waals surface area (Å²) in [5, 5.41) is 3.59. The minimum Gasteiger partial charge on any atom is -0.466 e. The van der Waals surface area contributed by atoms with E-state index < -0.39 is 0 Å². The summed E-state index contributed by atoms with van der Waals surface area (Å²) < 4.78 is 10.2. The number of aryl methyl sites for hydroxylation is 2. The van der Waals surface area contributed by atoms with Crippen LogP contribution in [0.1, 0.15) is 11.5 Å². The van der Waals surface area contributed by atoms with Crippen molar-refractivity contribution < 1.29 is 8.94 Å². The van der Waals surface area contributed by atoms with Crippen LogP contribution in [0.4, 0.5) is 0 Å². The van der Waals surface area contributed by atoms with E-state index in [2.05, 4.69) is 10.1 Å². The molecule has 0 aliphatic rings. The van der Waals surface area contributed by atoms with E-state index >= 15 is 0 Å². The highest BCUT2D eigenvalue weighted by Crippen LogP contribution is 2.25. The first-order chi connectivity index (χ1) is 6.16. The molecule has 68 valence electrons. The fourth-order valence-corrected chi connectivity index (χ4v) is 1.27. The van der Waals surface area contributed by atoms with Gasteiger partial charge in [0, 0.05) is 0 Å². The number of furan rings is 1. The monoisotopic (exact) mass is 198 g/mol. The summed E-state index contributed by atoms with van der Waals surface area (Å²) in [6, 6.07) is 1.83. The maximum atomic E-state index is 5.52. The zero-order valence-electron chi connectivity index (χ0n) is 7.17. The third kappa shape index (κ3) is 1.45. The minimum absolute atomic E-state index is 0.105. The lowest BCUT2D eigenvalue weighted by Gasteiger charge is -1.86. The Hall–Kier alpha value is -1.29.